The molecule has 1 aromatic heterocycles. The van der Waals surface area contributed by atoms with Gasteiger partial charge >= 0.3 is 0 Å². The van der Waals surface area contributed by atoms with Crippen molar-refractivity contribution in [2.24, 2.45) is 0 Å². The molecule has 0 aliphatic carbocycles. The molecular formula is C24H21BrClN3O2. The Morgan fingerprint density at radius 3 is 2.16 bits per heavy atom. The lowest BCUT2D eigenvalue weighted by Crippen LogP contribution is -1.96. The van der Waals surface area contributed by atoms with Crippen molar-refractivity contribution in [3.05, 3.63) is 82.6 Å². The van der Waals surface area contributed by atoms with Crippen LogP contribution in [0.5, 0.6) is 11.5 Å². The van der Waals surface area contributed by atoms with Crippen LogP contribution in [0.4, 0.5) is 11.5 Å². The molecule has 1 heterocycles. The molecule has 0 saturated heterocycles. The molecule has 0 radical (unpaired) electrons. The Kier molecular flexibility index (Phi) is 7.50. The van der Waals surface area contributed by atoms with Gasteiger partial charge in [-0.25, -0.2) is 9.97 Å². The predicted octanol–water partition coefficient (Wildman–Crippen LogP) is 6.75. The molecule has 31 heavy (non-hydrogen) atoms. The van der Waals surface area contributed by atoms with Crippen molar-refractivity contribution in [2.75, 3.05) is 19.5 Å². The van der Waals surface area contributed by atoms with Gasteiger partial charge in [-0.3, -0.25) is 0 Å². The molecular weight excluding hydrogens is 478 g/mol. The number of halogens is 2. The van der Waals surface area contributed by atoms with Crippen LogP contribution in [-0.4, -0.2) is 24.2 Å². The number of hydrogen-bond donors (Lipinski definition) is 1. The number of fused-ring (bicyclic) bond motifs is 1. The predicted molar refractivity (Wildman–Crippen MR) is 133 cm³/mol. The van der Waals surface area contributed by atoms with E-state index in [1.54, 1.807) is 20.5 Å². The van der Waals surface area contributed by atoms with E-state index in [1.807, 2.05) is 54.6 Å². The topological polar surface area (TPSA) is 56.3 Å². The molecule has 0 fully saturated rings. The lowest BCUT2D eigenvalue weighted by atomic mass is 10.1. The van der Waals surface area contributed by atoms with E-state index in [2.05, 4.69) is 49.4 Å². The summed E-state index contributed by atoms with van der Waals surface area (Å²) in [7, 11) is 3.29. The average Bonchev–Trinajstić information content (AvgIpc) is 2.78. The maximum Gasteiger partial charge on any atom is 0.141 e. The van der Waals surface area contributed by atoms with E-state index in [1.165, 1.54) is 0 Å². The van der Waals surface area contributed by atoms with E-state index in [4.69, 9.17) is 9.47 Å². The monoisotopic (exact) mass is 497 g/mol. The third-order valence-electron chi connectivity index (χ3n) is 4.61. The summed E-state index contributed by atoms with van der Waals surface area (Å²) >= 11 is 3.51. The van der Waals surface area contributed by atoms with E-state index < -0.39 is 0 Å². The Morgan fingerprint density at radius 1 is 0.806 bits per heavy atom. The van der Waals surface area contributed by atoms with Crippen molar-refractivity contribution >= 4 is 62.9 Å². The summed E-state index contributed by atoms with van der Waals surface area (Å²) in [5.74, 6) is 2.29. The summed E-state index contributed by atoms with van der Waals surface area (Å²) in [5.41, 5.74) is 3.93. The Bertz CT molecular complexity index is 1190. The van der Waals surface area contributed by atoms with Gasteiger partial charge in [0.1, 0.15) is 23.6 Å². The molecule has 7 heteroatoms. The van der Waals surface area contributed by atoms with E-state index in [9.17, 15) is 0 Å². The quantitative estimate of drug-likeness (QED) is 0.298. The van der Waals surface area contributed by atoms with E-state index in [0.29, 0.717) is 0 Å². The van der Waals surface area contributed by atoms with Crippen LogP contribution in [-0.2, 0) is 0 Å². The number of nitrogens with one attached hydrogen (secondary N) is 1. The van der Waals surface area contributed by atoms with Crippen LogP contribution in [0, 0.1) is 0 Å². The third-order valence-corrected chi connectivity index (χ3v) is 5.11. The molecule has 0 spiro atoms. The maximum absolute atomic E-state index is 5.32. The molecule has 1 N–H and O–H groups in total. The zero-order chi connectivity index (χ0) is 20.9. The lowest BCUT2D eigenvalue weighted by molar-refractivity contribution is 0.394. The fourth-order valence-electron chi connectivity index (χ4n) is 3.06. The first-order valence-corrected chi connectivity index (χ1v) is 10.1. The van der Waals surface area contributed by atoms with Gasteiger partial charge in [-0.1, -0.05) is 40.2 Å². The summed E-state index contributed by atoms with van der Waals surface area (Å²) in [5, 5.41) is 4.34. The zero-order valence-electron chi connectivity index (χ0n) is 17.0. The fraction of sp³-hybridized carbons (Fsp3) is 0.0833. The van der Waals surface area contributed by atoms with Gasteiger partial charge in [0.25, 0.3) is 0 Å². The van der Waals surface area contributed by atoms with Crippen LogP contribution >= 0.6 is 28.3 Å². The van der Waals surface area contributed by atoms with Crippen LogP contribution in [0.3, 0.4) is 0 Å². The smallest absolute Gasteiger partial charge is 0.141 e. The molecule has 0 saturated carbocycles. The number of hydrogen-bond acceptors (Lipinski definition) is 5. The summed E-state index contributed by atoms with van der Waals surface area (Å²) in [6, 6.07) is 19.9. The number of rotatable bonds is 6. The molecule has 0 unspecified atom stereocenters. The van der Waals surface area contributed by atoms with Crippen molar-refractivity contribution < 1.29 is 9.47 Å². The molecule has 0 bridgehead atoms. The van der Waals surface area contributed by atoms with Gasteiger partial charge in [0, 0.05) is 21.6 Å². The minimum atomic E-state index is 0. The van der Waals surface area contributed by atoms with Crippen LogP contribution < -0.4 is 14.8 Å². The standard InChI is InChI=1S/C24H20BrN3O2.ClH/c1-29-20-11-17(12-21(14-20)30-2)4-3-16-5-8-19(9-6-16)28-24-22-13-18(25)7-10-23(22)26-15-27-24;/h3-15H,1-2H3,(H,26,27,28);1H/b4-3+;. The second-order valence-corrected chi connectivity index (χ2v) is 7.53. The highest BCUT2D eigenvalue weighted by Gasteiger charge is 2.05. The van der Waals surface area contributed by atoms with Gasteiger partial charge < -0.3 is 14.8 Å². The van der Waals surface area contributed by atoms with E-state index in [0.717, 1.165) is 49.5 Å². The summed E-state index contributed by atoms with van der Waals surface area (Å²) in [4.78, 5) is 8.71. The molecule has 4 aromatic rings. The summed E-state index contributed by atoms with van der Waals surface area (Å²) in [6.07, 6.45) is 5.65. The van der Waals surface area contributed by atoms with Crippen molar-refractivity contribution in [3.8, 4) is 11.5 Å². The Hall–Kier alpha value is -3.09. The molecule has 5 nitrogen and oxygen atoms in total. The fourth-order valence-corrected chi connectivity index (χ4v) is 3.42. The lowest BCUT2D eigenvalue weighted by Gasteiger charge is -2.09. The molecule has 158 valence electrons. The Morgan fingerprint density at radius 2 is 1.48 bits per heavy atom. The van der Waals surface area contributed by atoms with E-state index in [-0.39, 0.29) is 12.4 Å². The number of methoxy groups -OCH3 is 2. The minimum absolute atomic E-state index is 0. The normalized spacial score (nSPS) is 10.7. The molecule has 0 aliphatic heterocycles. The van der Waals surface area contributed by atoms with Crippen molar-refractivity contribution in [1.29, 1.82) is 0 Å². The molecule has 0 amide bonds. The Balaban J connectivity index is 0.00000272. The number of benzene rings is 3. The highest BCUT2D eigenvalue weighted by Crippen LogP contribution is 2.27. The number of ether oxygens (including phenoxy) is 2. The summed E-state index contributed by atoms with van der Waals surface area (Å²) < 4.78 is 11.6. The van der Waals surface area contributed by atoms with Crippen molar-refractivity contribution in [3.63, 3.8) is 0 Å². The van der Waals surface area contributed by atoms with Crippen molar-refractivity contribution in [2.45, 2.75) is 0 Å². The summed E-state index contributed by atoms with van der Waals surface area (Å²) in [6.45, 7) is 0. The van der Waals surface area contributed by atoms with Crippen LogP contribution in [0.2, 0.25) is 0 Å². The van der Waals surface area contributed by atoms with Crippen molar-refractivity contribution in [1.82, 2.24) is 9.97 Å². The van der Waals surface area contributed by atoms with Crippen LogP contribution in [0.25, 0.3) is 23.1 Å². The van der Waals surface area contributed by atoms with Crippen LogP contribution in [0.1, 0.15) is 11.1 Å². The van der Waals surface area contributed by atoms with Crippen LogP contribution in [0.15, 0.2) is 71.5 Å². The molecule has 4 rings (SSSR count). The van der Waals surface area contributed by atoms with Gasteiger partial charge in [0.15, 0.2) is 0 Å². The highest BCUT2D eigenvalue weighted by atomic mass is 79.9. The maximum atomic E-state index is 5.32. The molecule has 3 aromatic carbocycles. The van der Waals surface area contributed by atoms with Gasteiger partial charge in [-0.15, -0.1) is 12.4 Å². The second-order valence-electron chi connectivity index (χ2n) is 6.61. The molecule has 0 atom stereocenters. The first-order chi connectivity index (χ1) is 14.6. The zero-order valence-corrected chi connectivity index (χ0v) is 19.4. The second kappa shape index (κ2) is 10.3. The average molecular weight is 499 g/mol. The minimum Gasteiger partial charge on any atom is -0.497 e. The Labute approximate surface area is 195 Å². The first kappa shape index (κ1) is 22.6. The molecule has 0 aliphatic rings. The van der Waals surface area contributed by atoms with Gasteiger partial charge in [-0.2, -0.15) is 0 Å². The third kappa shape index (κ3) is 5.54. The van der Waals surface area contributed by atoms with E-state index >= 15 is 0 Å². The van der Waals surface area contributed by atoms with Gasteiger partial charge in [-0.05, 0) is 53.6 Å². The SMILES string of the molecule is COc1cc(/C=C/c2ccc(Nc3ncnc4ccc(Br)cc34)cc2)cc(OC)c1.Cl. The largest absolute Gasteiger partial charge is 0.497 e. The number of aromatic nitrogens is 2. The van der Waals surface area contributed by atoms with Gasteiger partial charge in [0.2, 0.25) is 0 Å². The number of nitrogens with zero attached hydrogens (tertiary/aromatic N) is 2. The first-order valence-electron chi connectivity index (χ1n) is 9.33. The number of anilines is 2. The highest BCUT2D eigenvalue weighted by molar-refractivity contribution is 9.10. The van der Waals surface area contributed by atoms with Gasteiger partial charge in [0.05, 0.1) is 19.7 Å².